The molecule has 6 nitrogen and oxygen atoms in total. The Labute approximate surface area is 113 Å². The Morgan fingerprint density at radius 2 is 2.05 bits per heavy atom. The van der Waals surface area contributed by atoms with Crippen LogP contribution in [0.1, 0.15) is 27.2 Å². The van der Waals surface area contributed by atoms with E-state index in [0.717, 1.165) is 0 Å². The molecule has 110 valence electrons. The van der Waals surface area contributed by atoms with E-state index in [2.05, 4.69) is 0 Å². The highest BCUT2D eigenvalue weighted by molar-refractivity contribution is 5.69. The lowest BCUT2D eigenvalue weighted by atomic mass is 9.67. The summed E-state index contributed by atoms with van der Waals surface area (Å²) >= 11 is 0. The van der Waals surface area contributed by atoms with Crippen LogP contribution >= 0.6 is 0 Å². The van der Waals surface area contributed by atoms with Crippen molar-refractivity contribution in [3.05, 3.63) is 0 Å². The third-order valence-electron chi connectivity index (χ3n) is 3.95. The van der Waals surface area contributed by atoms with Gasteiger partial charge in [-0.05, 0) is 27.2 Å². The molecule has 1 amide bonds. The van der Waals surface area contributed by atoms with E-state index < -0.39 is 22.7 Å². The van der Waals surface area contributed by atoms with Crippen molar-refractivity contribution < 1.29 is 24.5 Å². The van der Waals surface area contributed by atoms with Gasteiger partial charge >= 0.3 is 6.09 Å². The monoisotopic (exact) mass is 273 g/mol. The third kappa shape index (κ3) is 2.57. The number of carbonyl (C=O) groups excluding carboxylic acids is 1. The van der Waals surface area contributed by atoms with E-state index in [9.17, 15) is 15.0 Å². The van der Waals surface area contributed by atoms with Crippen LogP contribution in [0.15, 0.2) is 0 Å². The van der Waals surface area contributed by atoms with Crippen molar-refractivity contribution in [1.29, 1.82) is 0 Å². The van der Waals surface area contributed by atoms with Gasteiger partial charge in [0.1, 0.15) is 11.2 Å². The first-order valence-corrected chi connectivity index (χ1v) is 6.60. The van der Waals surface area contributed by atoms with Gasteiger partial charge in [-0.1, -0.05) is 0 Å². The first-order valence-electron chi connectivity index (χ1n) is 6.60. The van der Waals surface area contributed by atoms with Gasteiger partial charge < -0.3 is 24.6 Å². The first-order chi connectivity index (χ1) is 8.71. The predicted molar refractivity (Wildman–Crippen MR) is 67.7 cm³/mol. The molecule has 2 aliphatic rings. The summed E-state index contributed by atoms with van der Waals surface area (Å²) in [4.78, 5) is 13.3. The highest BCUT2D eigenvalue weighted by Gasteiger charge is 2.60. The minimum atomic E-state index is -1.07. The normalized spacial score (nSPS) is 30.1. The molecule has 2 aliphatic heterocycles. The van der Waals surface area contributed by atoms with Crippen molar-refractivity contribution in [2.24, 2.45) is 5.41 Å². The number of aliphatic hydroxyl groups excluding tert-OH is 1. The summed E-state index contributed by atoms with van der Waals surface area (Å²) < 4.78 is 10.5. The summed E-state index contributed by atoms with van der Waals surface area (Å²) in [5.74, 6) is 0. The van der Waals surface area contributed by atoms with Gasteiger partial charge in [0.2, 0.25) is 0 Å². The number of nitrogens with zero attached hydrogens (tertiary/aromatic N) is 1. The molecule has 2 rings (SSSR count). The van der Waals surface area contributed by atoms with E-state index in [1.54, 1.807) is 20.8 Å². The number of β-amino-alcohol motifs (C(OH)–C–C–N with tert-alkyl or cyclic N) is 1. The summed E-state index contributed by atoms with van der Waals surface area (Å²) in [6, 6.07) is 0. The fraction of sp³-hybridized carbons (Fsp3) is 0.923. The molecule has 0 aromatic heterocycles. The van der Waals surface area contributed by atoms with Crippen LogP contribution in [-0.4, -0.2) is 65.3 Å². The smallest absolute Gasteiger partial charge is 0.410 e. The van der Waals surface area contributed by atoms with Crippen molar-refractivity contribution >= 4 is 6.09 Å². The summed E-state index contributed by atoms with van der Waals surface area (Å²) in [6.45, 7) is 6.52. The number of carbonyl (C=O) groups is 1. The van der Waals surface area contributed by atoms with Gasteiger partial charge in [-0.2, -0.15) is 0 Å². The zero-order valence-corrected chi connectivity index (χ0v) is 11.8. The molecule has 0 bridgehead atoms. The predicted octanol–water partition coefficient (Wildman–Crippen LogP) is 0.367. The lowest BCUT2D eigenvalue weighted by Gasteiger charge is -2.54. The minimum Gasteiger partial charge on any atom is -0.444 e. The Bertz CT molecular complexity index is 351. The molecule has 2 saturated heterocycles. The first kappa shape index (κ1) is 14.6. The summed E-state index contributed by atoms with van der Waals surface area (Å²) in [5, 5.41) is 20.1. The standard InChI is InChI=1S/C13H23NO5/c1-11(2,3)19-10(16)14-6-13(17,7-14)12(8-15)4-5-18-9-12/h15,17H,4-9H2,1-3H3. The number of rotatable bonds is 2. The number of hydrogen-bond donors (Lipinski definition) is 2. The Hall–Kier alpha value is -0.850. The Kier molecular flexibility index (Phi) is 3.53. The molecule has 19 heavy (non-hydrogen) atoms. The van der Waals surface area contributed by atoms with Crippen molar-refractivity contribution in [2.75, 3.05) is 32.9 Å². The molecule has 0 saturated carbocycles. The summed E-state index contributed by atoms with van der Waals surface area (Å²) in [6.07, 6.45) is 0.187. The third-order valence-corrected chi connectivity index (χ3v) is 3.95. The molecule has 0 aromatic carbocycles. The lowest BCUT2D eigenvalue weighted by molar-refractivity contribution is -0.185. The van der Waals surface area contributed by atoms with Crippen molar-refractivity contribution in [2.45, 2.75) is 38.4 Å². The maximum atomic E-state index is 11.8. The van der Waals surface area contributed by atoms with Crippen LogP contribution in [-0.2, 0) is 9.47 Å². The second-order valence-electron chi connectivity index (χ2n) is 6.61. The van der Waals surface area contributed by atoms with Crippen LogP contribution in [0, 0.1) is 5.41 Å². The number of hydrogen-bond acceptors (Lipinski definition) is 5. The van der Waals surface area contributed by atoms with E-state index in [1.807, 2.05) is 0 Å². The molecule has 1 unspecified atom stereocenters. The van der Waals surface area contributed by atoms with Gasteiger partial charge in [0.05, 0.1) is 31.7 Å². The number of amides is 1. The topological polar surface area (TPSA) is 79.2 Å². The molecule has 0 aromatic rings. The molecular weight excluding hydrogens is 250 g/mol. The van der Waals surface area contributed by atoms with Crippen molar-refractivity contribution in [3.8, 4) is 0 Å². The average Bonchev–Trinajstić information content (AvgIpc) is 2.72. The molecule has 1 atom stereocenters. The number of ether oxygens (including phenoxy) is 2. The molecule has 6 heteroatoms. The fourth-order valence-corrected chi connectivity index (χ4v) is 2.62. The van der Waals surface area contributed by atoms with Gasteiger partial charge in [-0.25, -0.2) is 4.79 Å². The van der Waals surface area contributed by atoms with Crippen LogP contribution in [0.25, 0.3) is 0 Å². The van der Waals surface area contributed by atoms with Gasteiger partial charge in [-0.15, -0.1) is 0 Å². The van der Waals surface area contributed by atoms with Crippen molar-refractivity contribution in [1.82, 2.24) is 4.90 Å². The maximum Gasteiger partial charge on any atom is 0.410 e. The molecule has 2 N–H and O–H groups in total. The minimum absolute atomic E-state index is 0.133. The molecule has 2 heterocycles. The Morgan fingerprint density at radius 3 is 2.47 bits per heavy atom. The summed E-state index contributed by atoms with van der Waals surface area (Å²) in [7, 11) is 0. The maximum absolute atomic E-state index is 11.8. The van der Waals surface area contributed by atoms with Crippen LogP contribution in [0.5, 0.6) is 0 Å². The molecule has 0 radical (unpaired) electrons. The quantitative estimate of drug-likeness (QED) is 0.760. The number of aliphatic hydroxyl groups is 2. The van der Waals surface area contributed by atoms with Crippen LogP contribution < -0.4 is 0 Å². The highest BCUT2D eigenvalue weighted by Crippen LogP contribution is 2.44. The van der Waals surface area contributed by atoms with Gasteiger partial charge in [-0.3, -0.25) is 0 Å². The highest BCUT2D eigenvalue weighted by atomic mass is 16.6. The number of likely N-dealkylation sites (tertiary alicyclic amines) is 1. The van der Waals surface area contributed by atoms with Crippen LogP contribution in [0.4, 0.5) is 4.79 Å². The molecule has 2 fully saturated rings. The Morgan fingerprint density at radius 1 is 1.42 bits per heavy atom. The summed E-state index contributed by atoms with van der Waals surface area (Å²) in [5.41, 5.74) is -2.27. The lowest BCUT2D eigenvalue weighted by Crippen LogP contribution is -2.72. The van der Waals surface area contributed by atoms with Gasteiger partial charge in [0.15, 0.2) is 0 Å². The van der Waals surface area contributed by atoms with E-state index in [1.165, 1.54) is 4.90 Å². The SMILES string of the molecule is CC(C)(C)OC(=O)N1CC(O)(C2(CO)CCOC2)C1. The molecule has 0 spiro atoms. The van der Waals surface area contributed by atoms with Crippen molar-refractivity contribution in [3.63, 3.8) is 0 Å². The van der Waals surface area contributed by atoms with Gasteiger partial charge in [0.25, 0.3) is 0 Å². The zero-order valence-electron chi connectivity index (χ0n) is 11.8. The average molecular weight is 273 g/mol. The largest absolute Gasteiger partial charge is 0.444 e. The molecular formula is C13H23NO5. The fourth-order valence-electron chi connectivity index (χ4n) is 2.62. The van der Waals surface area contributed by atoms with E-state index in [0.29, 0.717) is 19.6 Å². The van der Waals surface area contributed by atoms with Crippen LogP contribution in [0.2, 0.25) is 0 Å². The van der Waals surface area contributed by atoms with E-state index >= 15 is 0 Å². The second kappa shape index (κ2) is 4.61. The Balaban J connectivity index is 1.96. The van der Waals surface area contributed by atoms with Crippen LogP contribution in [0.3, 0.4) is 0 Å². The molecule has 0 aliphatic carbocycles. The van der Waals surface area contributed by atoms with E-state index in [-0.39, 0.29) is 19.7 Å². The van der Waals surface area contributed by atoms with E-state index in [4.69, 9.17) is 9.47 Å². The zero-order chi connectivity index (χ0) is 14.3. The second-order valence-corrected chi connectivity index (χ2v) is 6.61. The van der Waals surface area contributed by atoms with Gasteiger partial charge in [0, 0.05) is 6.61 Å².